The van der Waals surface area contributed by atoms with Crippen molar-refractivity contribution in [3.63, 3.8) is 0 Å². The van der Waals surface area contributed by atoms with E-state index in [2.05, 4.69) is 17.2 Å². The van der Waals surface area contributed by atoms with Gasteiger partial charge in [0.1, 0.15) is 0 Å². The molecule has 0 amide bonds. The van der Waals surface area contributed by atoms with E-state index >= 15 is 0 Å². The summed E-state index contributed by atoms with van der Waals surface area (Å²) in [5.41, 5.74) is 0. The second-order valence-electron chi connectivity index (χ2n) is 5.24. The summed E-state index contributed by atoms with van der Waals surface area (Å²) < 4.78 is 39.2. The second kappa shape index (κ2) is 6.26. The smallest absolute Gasteiger partial charge is 0.251 e. The first kappa shape index (κ1) is 14.2. The Morgan fingerprint density at radius 2 is 1.84 bits per heavy atom. The maximum absolute atomic E-state index is 13.5. The van der Waals surface area contributed by atoms with Crippen LogP contribution in [0.3, 0.4) is 0 Å². The summed E-state index contributed by atoms with van der Waals surface area (Å²) >= 11 is 0. The fourth-order valence-electron chi connectivity index (χ4n) is 2.74. The average Bonchev–Trinajstić information content (AvgIpc) is 2.38. The van der Waals surface area contributed by atoms with Crippen LogP contribution in [0.25, 0.3) is 0 Å². The van der Waals surface area contributed by atoms with Crippen molar-refractivity contribution in [2.75, 3.05) is 5.32 Å². The first-order valence-corrected chi connectivity index (χ1v) is 6.88. The van der Waals surface area contributed by atoms with Gasteiger partial charge in [0.05, 0.1) is 0 Å². The number of anilines is 1. The van der Waals surface area contributed by atoms with Gasteiger partial charge in [-0.2, -0.15) is 9.37 Å². The highest BCUT2D eigenvalue weighted by Gasteiger charge is 2.22. The molecule has 2 rings (SSSR count). The van der Waals surface area contributed by atoms with Crippen LogP contribution in [-0.2, 0) is 0 Å². The van der Waals surface area contributed by atoms with Gasteiger partial charge in [0.2, 0.25) is 0 Å². The predicted octanol–water partition coefficient (Wildman–Crippen LogP) is 4.27. The summed E-state index contributed by atoms with van der Waals surface area (Å²) in [6.07, 6.45) is 6.44. The zero-order valence-electron chi connectivity index (χ0n) is 11.1. The SMILES string of the molecule is CCCC1CCC(Nc2nc(F)c(F)cc2F)CC1. The van der Waals surface area contributed by atoms with E-state index < -0.39 is 17.6 Å². The average molecular weight is 272 g/mol. The zero-order valence-corrected chi connectivity index (χ0v) is 11.1. The molecule has 0 aliphatic heterocycles. The molecule has 1 aromatic rings. The number of nitrogens with zero attached hydrogens (tertiary/aromatic N) is 1. The highest BCUT2D eigenvalue weighted by Crippen LogP contribution is 2.29. The van der Waals surface area contributed by atoms with Crippen LogP contribution in [0.1, 0.15) is 45.4 Å². The molecule has 1 heterocycles. The fourth-order valence-corrected chi connectivity index (χ4v) is 2.74. The third kappa shape index (κ3) is 3.61. The van der Waals surface area contributed by atoms with Crippen LogP contribution in [0.4, 0.5) is 19.0 Å². The predicted molar refractivity (Wildman–Crippen MR) is 68.4 cm³/mol. The van der Waals surface area contributed by atoms with E-state index in [-0.39, 0.29) is 11.9 Å². The van der Waals surface area contributed by atoms with E-state index in [1.165, 1.54) is 12.8 Å². The summed E-state index contributed by atoms with van der Waals surface area (Å²) in [7, 11) is 0. The summed E-state index contributed by atoms with van der Waals surface area (Å²) in [4.78, 5) is 3.29. The van der Waals surface area contributed by atoms with Crippen molar-refractivity contribution >= 4 is 5.82 Å². The van der Waals surface area contributed by atoms with Crippen LogP contribution in [0.15, 0.2) is 6.07 Å². The molecule has 1 aromatic heterocycles. The maximum Gasteiger partial charge on any atom is 0.251 e. The molecule has 0 saturated heterocycles. The van der Waals surface area contributed by atoms with Gasteiger partial charge in [0.25, 0.3) is 5.95 Å². The number of pyridine rings is 1. The minimum absolute atomic E-state index is 0.0972. The molecule has 1 N–H and O–H groups in total. The van der Waals surface area contributed by atoms with Crippen molar-refractivity contribution in [1.82, 2.24) is 4.98 Å². The topological polar surface area (TPSA) is 24.9 Å². The maximum atomic E-state index is 13.5. The lowest BCUT2D eigenvalue weighted by Crippen LogP contribution is -2.27. The standard InChI is InChI=1S/C14H19F3N2/c1-2-3-9-4-6-10(7-5-9)18-14-12(16)8-11(15)13(17)19-14/h8-10H,2-7H2,1H3,(H,18,19). The normalized spacial score (nSPS) is 23.4. The number of rotatable bonds is 4. The molecular weight excluding hydrogens is 253 g/mol. The van der Waals surface area contributed by atoms with Gasteiger partial charge in [0, 0.05) is 12.1 Å². The monoisotopic (exact) mass is 272 g/mol. The van der Waals surface area contributed by atoms with Crippen LogP contribution < -0.4 is 5.32 Å². The van der Waals surface area contributed by atoms with Gasteiger partial charge in [-0.25, -0.2) is 8.78 Å². The van der Waals surface area contributed by atoms with Crippen LogP contribution in [0.5, 0.6) is 0 Å². The van der Waals surface area contributed by atoms with Gasteiger partial charge in [0.15, 0.2) is 17.5 Å². The Hall–Kier alpha value is -1.26. The Labute approximate surface area is 111 Å². The van der Waals surface area contributed by atoms with Crippen LogP contribution in [0, 0.1) is 23.5 Å². The number of aromatic nitrogens is 1. The molecule has 5 heteroatoms. The van der Waals surface area contributed by atoms with Crippen LogP contribution >= 0.6 is 0 Å². The first-order chi connectivity index (χ1) is 9.10. The first-order valence-electron chi connectivity index (χ1n) is 6.88. The van der Waals surface area contributed by atoms with Gasteiger partial charge in [-0.1, -0.05) is 19.8 Å². The van der Waals surface area contributed by atoms with Crippen molar-refractivity contribution in [3.05, 3.63) is 23.6 Å². The molecule has 0 unspecified atom stereocenters. The van der Waals surface area contributed by atoms with Gasteiger partial charge in [-0.05, 0) is 31.6 Å². The van der Waals surface area contributed by atoms with E-state index in [9.17, 15) is 13.2 Å². The number of hydrogen-bond acceptors (Lipinski definition) is 2. The van der Waals surface area contributed by atoms with E-state index in [0.717, 1.165) is 31.6 Å². The second-order valence-corrected chi connectivity index (χ2v) is 5.24. The van der Waals surface area contributed by atoms with Gasteiger partial charge in [-0.15, -0.1) is 0 Å². The van der Waals surface area contributed by atoms with Gasteiger partial charge >= 0.3 is 0 Å². The molecule has 106 valence electrons. The summed E-state index contributed by atoms with van der Waals surface area (Å²) in [5, 5.41) is 2.89. The summed E-state index contributed by atoms with van der Waals surface area (Å²) in [6, 6.07) is 0.632. The van der Waals surface area contributed by atoms with Gasteiger partial charge < -0.3 is 5.32 Å². The Bertz CT molecular complexity index is 429. The lowest BCUT2D eigenvalue weighted by Gasteiger charge is -2.29. The highest BCUT2D eigenvalue weighted by molar-refractivity contribution is 5.37. The molecular formula is C14H19F3N2. The molecule has 19 heavy (non-hydrogen) atoms. The van der Waals surface area contributed by atoms with Crippen molar-refractivity contribution in [3.8, 4) is 0 Å². The Morgan fingerprint density at radius 3 is 2.47 bits per heavy atom. The summed E-state index contributed by atoms with van der Waals surface area (Å²) in [6.45, 7) is 2.17. The van der Waals surface area contributed by atoms with E-state index in [1.54, 1.807) is 0 Å². The molecule has 1 saturated carbocycles. The van der Waals surface area contributed by atoms with Crippen molar-refractivity contribution in [2.24, 2.45) is 5.92 Å². The van der Waals surface area contributed by atoms with E-state index in [4.69, 9.17) is 0 Å². The largest absolute Gasteiger partial charge is 0.365 e. The van der Waals surface area contributed by atoms with Crippen molar-refractivity contribution in [2.45, 2.75) is 51.5 Å². The zero-order chi connectivity index (χ0) is 13.8. The summed E-state index contributed by atoms with van der Waals surface area (Å²) in [5.74, 6) is -2.79. The molecule has 1 fully saturated rings. The molecule has 1 aliphatic carbocycles. The van der Waals surface area contributed by atoms with Gasteiger partial charge in [-0.3, -0.25) is 0 Å². The lowest BCUT2D eigenvalue weighted by molar-refractivity contribution is 0.318. The Kier molecular flexibility index (Phi) is 4.66. The minimum Gasteiger partial charge on any atom is -0.365 e. The van der Waals surface area contributed by atoms with E-state index in [1.807, 2.05) is 0 Å². The number of hydrogen-bond donors (Lipinski definition) is 1. The molecule has 0 bridgehead atoms. The molecule has 0 atom stereocenters. The third-order valence-corrected chi connectivity index (χ3v) is 3.77. The number of halogens is 3. The van der Waals surface area contributed by atoms with Crippen molar-refractivity contribution in [1.29, 1.82) is 0 Å². The lowest BCUT2D eigenvalue weighted by atomic mass is 9.83. The Morgan fingerprint density at radius 1 is 1.16 bits per heavy atom. The molecule has 2 nitrogen and oxygen atoms in total. The third-order valence-electron chi connectivity index (χ3n) is 3.77. The number of nitrogens with one attached hydrogen (secondary N) is 1. The van der Waals surface area contributed by atoms with Crippen LogP contribution in [-0.4, -0.2) is 11.0 Å². The fraction of sp³-hybridized carbons (Fsp3) is 0.643. The molecule has 0 aromatic carbocycles. The molecule has 1 aliphatic rings. The highest BCUT2D eigenvalue weighted by atomic mass is 19.2. The van der Waals surface area contributed by atoms with Crippen molar-refractivity contribution < 1.29 is 13.2 Å². The molecule has 0 radical (unpaired) electrons. The minimum atomic E-state index is -1.26. The quantitative estimate of drug-likeness (QED) is 0.828. The van der Waals surface area contributed by atoms with Crippen LogP contribution in [0.2, 0.25) is 0 Å². The molecule has 0 spiro atoms. The Balaban J connectivity index is 1.94. The van der Waals surface area contributed by atoms with E-state index in [0.29, 0.717) is 6.07 Å².